The molecule has 0 saturated heterocycles. The maximum absolute atomic E-state index is 12.9. The van der Waals surface area contributed by atoms with Crippen molar-refractivity contribution >= 4 is 17.9 Å². The monoisotopic (exact) mass is 1180 g/mol. The van der Waals surface area contributed by atoms with E-state index in [0.717, 1.165) is 70.6 Å². The number of nitrogens with zero attached hydrogens (tertiary/aromatic N) is 1. The quantitative estimate of drug-likeness (QED) is 0.0211. The van der Waals surface area contributed by atoms with Gasteiger partial charge in [0.2, 0.25) is 0 Å². The first-order valence-electron chi connectivity index (χ1n) is 35.6. The second-order valence-corrected chi connectivity index (χ2v) is 25.2. The zero-order valence-electron chi connectivity index (χ0n) is 55.8. The molecule has 0 rings (SSSR count). The Balaban J connectivity index is 4.02. The zero-order chi connectivity index (χ0) is 61.2. The van der Waals surface area contributed by atoms with Crippen molar-refractivity contribution in [3.05, 3.63) is 72.9 Å². The van der Waals surface area contributed by atoms with Gasteiger partial charge in [-0.1, -0.05) is 324 Å². The van der Waals surface area contributed by atoms with E-state index >= 15 is 0 Å². The summed E-state index contributed by atoms with van der Waals surface area (Å²) in [6.45, 7) is 4.75. The average Bonchev–Trinajstić information content (AvgIpc) is 3.55. The summed E-state index contributed by atoms with van der Waals surface area (Å²) in [6, 6.07) is 0. The smallest absolute Gasteiger partial charge is 0.361 e. The number of carboxylic acid groups (broad SMARTS) is 1. The number of carbonyl (C=O) groups is 3. The number of ether oxygens (including phenoxy) is 4. The van der Waals surface area contributed by atoms with Gasteiger partial charge in [-0.2, -0.15) is 0 Å². The summed E-state index contributed by atoms with van der Waals surface area (Å²) in [4.78, 5) is 37.5. The SMILES string of the molecule is CC/C=C\C/C=C\C/C=C\C/C=C\C/C=C\C/C=C\CCCCC(=O)OC(COC(=O)CCCCCCCCCCCCCCCCCCCCCCCCCCCCCCCCCCCCCCCC)COC(OCC[N+](C)(C)C)C(=O)O. The first kappa shape index (κ1) is 80.7. The molecule has 2 unspecified atom stereocenters. The van der Waals surface area contributed by atoms with E-state index in [1.165, 1.54) is 225 Å². The molecule has 0 aliphatic carbocycles. The minimum Gasteiger partial charge on any atom is -0.477 e. The van der Waals surface area contributed by atoms with Crippen LogP contribution in [0.1, 0.15) is 328 Å². The summed E-state index contributed by atoms with van der Waals surface area (Å²) in [5.74, 6) is -2.06. The molecular formula is C75H136NO8+. The minimum atomic E-state index is -1.53. The van der Waals surface area contributed by atoms with Crippen LogP contribution >= 0.6 is 0 Å². The molecule has 0 aromatic carbocycles. The number of likely N-dealkylation sites (N-methyl/N-ethyl adjacent to an activating group) is 1. The largest absolute Gasteiger partial charge is 0.477 e. The third-order valence-corrected chi connectivity index (χ3v) is 15.7. The molecule has 0 saturated carbocycles. The molecule has 9 nitrogen and oxygen atoms in total. The summed E-state index contributed by atoms with van der Waals surface area (Å²) in [5, 5.41) is 9.73. The lowest BCUT2D eigenvalue weighted by atomic mass is 10.0. The molecule has 9 heteroatoms. The lowest BCUT2D eigenvalue weighted by Gasteiger charge is -2.25. The molecule has 0 spiro atoms. The van der Waals surface area contributed by atoms with E-state index in [2.05, 4.69) is 86.8 Å². The molecule has 0 aliphatic rings. The van der Waals surface area contributed by atoms with Crippen LogP contribution in [0.25, 0.3) is 0 Å². The molecular weight excluding hydrogens is 1040 g/mol. The molecule has 0 aromatic heterocycles. The molecule has 2 atom stereocenters. The third kappa shape index (κ3) is 66.3. The van der Waals surface area contributed by atoms with E-state index in [0.29, 0.717) is 23.9 Å². The number of quaternary nitrogens is 1. The Hall–Kier alpha value is -3.27. The number of carbonyl (C=O) groups excluding carboxylic acids is 2. The van der Waals surface area contributed by atoms with Crippen LogP contribution in [0.5, 0.6) is 0 Å². The van der Waals surface area contributed by atoms with Gasteiger partial charge in [-0.15, -0.1) is 0 Å². The summed E-state index contributed by atoms with van der Waals surface area (Å²) < 4.78 is 22.9. The fourth-order valence-corrected chi connectivity index (χ4v) is 10.3. The van der Waals surface area contributed by atoms with Crippen molar-refractivity contribution in [3.63, 3.8) is 0 Å². The van der Waals surface area contributed by atoms with Crippen LogP contribution in [0, 0.1) is 0 Å². The Morgan fingerprint density at radius 2 is 0.679 bits per heavy atom. The highest BCUT2D eigenvalue weighted by Crippen LogP contribution is 2.19. The predicted molar refractivity (Wildman–Crippen MR) is 359 cm³/mol. The van der Waals surface area contributed by atoms with Crippen LogP contribution in [0.4, 0.5) is 0 Å². The normalized spacial score (nSPS) is 13.1. The van der Waals surface area contributed by atoms with Crippen LogP contribution in [0.3, 0.4) is 0 Å². The van der Waals surface area contributed by atoms with Crippen LogP contribution in [0.15, 0.2) is 72.9 Å². The lowest BCUT2D eigenvalue weighted by Crippen LogP contribution is -2.40. The average molecular weight is 1180 g/mol. The van der Waals surface area contributed by atoms with Gasteiger partial charge in [0.05, 0.1) is 34.4 Å². The lowest BCUT2D eigenvalue weighted by molar-refractivity contribution is -0.870. The summed E-state index contributed by atoms with van der Waals surface area (Å²) in [5.41, 5.74) is 0. The molecule has 1 N–H and O–H groups in total. The Bertz CT molecular complexity index is 1610. The van der Waals surface area contributed by atoms with Crippen molar-refractivity contribution in [1.29, 1.82) is 0 Å². The van der Waals surface area contributed by atoms with E-state index in [1.807, 2.05) is 21.1 Å². The van der Waals surface area contributed by atoms with Crippen LogP contribution in [-0.4, -0.2) is 87.4 Å². The minimum absolute atomic E-state index is 0.177. The van der Waals surface area contributed by atoms with Gasteiger partial charge in [0.15, 0.2) is 6.10 Å². The number of rotatable bonds is 66. The fourth-order valence-electron chi connectivity index (χ4n) is 10.3. The highest BCUT2D eigenvalue weighted by atomic mass is 16.7. The Morgan fingerprint density at radius 1 is 0.369 bits per heavy atom. The molecule has 0 bridgehead atoms. The summed E-state index contributed by atoms with van der Waals surface area (Å²) >= 11 is 0. The highest BCUT2D eigenvalue weighted by Gasteiger charge is 2.25. The van der Waals surface area contributed by atoms with Crippen LogP contribution in [-0.2, 0) is 33.3 Å². The first-order valence-corrected chi connectivity index (χ1v) is 35.6. The Labute approximate surface area is 519 Å². The fraction of sp³-hybridized carbons (Fsp3) is 0.800. The van der Waals surface area contributed by atoms with Gasteiger partial charge < -0.3 is 28.5 Å². The van der Waals surface area contributed by atoms with E-state index in [9.17, 15) is 19.5 Å². The maximum atomic E-state index is 12.9. The highest BCUT2D eigenvalue weighted by molar-refractivity contribution is 5.71. The van der Waals surface area contributed by atoms with Crippen LogP contribution in [0.2, 0.25) is 0 Å². The second kappa shape index (κ2) is 65.7. The number of unbranched alkanes of at least 4 members (excludes halogenated alkanes) is 39. The number of hydrogen-bond donors (Lipinski definition) is 1. The van der Waals surface area contributed by atoms with Gasteiger partial charge in [-0.25, -0.2) is 4.79 Å². The van der Waals surface area contributed by atoms with Crippen molar-refractivity contribution in [1.82, 2.24) is 0 Å². The van der Waals surface area contributed by atoms with Gasteiger partial charge in [0.1, 0.15) is 13.2 Å². The Kier molecular flexibility index (Phi) is 63.1. The summed E-state index contributed by atoms with van der Waals surface area (Å²) in [7, 11) is 5.96. The van der Waals surface area contributed by atoms with Crippen molar-refractivity contribution in [2.75, 3.05) is 47.5 Å². The predicted octanol–water partition coefficient (Wildman–Crippen LogP) is 22.1. The molecule has 0 aliphatic heterocycles. The number of aliphatic carboxylic acids is 1. The number of hydrogen-bond acceptors (Lipinski definition) is 7. The van der Waals surface area contributed by atoms with E-state index in [4.69, 9.17) is 18.9 Å². The van der Waals surface area contributed by atoms with Gasteiger partial charge in [0.25, 0.3) is 6.29 Å². The first-order chi connectivity index (χ1) is 41.1. The molecule has 0 radical (unpaired) electrons. The molecule has 0 amide bonds. The molecule has 0 fully saturated rings. The molecule has 0 heterocycles. The second-order valence-electron chi connectivity index (χ2n) is 25.2. The molecule has 488 valence electrons. The zero-order valence-corrected chi connectivity index (χ0v) is 55.8. The third-order valence-electron chi connectivity index (χ3n) is 15.7. The number of allylic oxidation sites excluding steroid dienone is 12. The Morgan fingerprint density at radius 3 is 1.01 bits per heavy atom. The van der Waals surface area contributed by atoms with Crippen molar-refractivity contribution in [3.8, 4) is 0 Å². The van der Waals surface area contributed by atoms with Crippen molar-refractivity contribution in [2.45, 2.75) is 341 Å². The molecule has 0 aromatic rings. The van der Waals surface area contributed by atoms with E-state index in [-0.39, 0.29) is 32.2 Å². The summed E-state index contributed by atoms with van der Waals surface area (Å²) in [6.07, 6.45) is 84.8. The van der Waals surface area contributed by atoms with Gasteiger partial charge in [-0.3, -0.25) is 9.59 Å². The van der Waals surface area contributed by atoms with Gasteiger partial charge >= 0.3 is 17.9 Å². The number of esters is 2. The topological polar surface area (TPSA) is 108 Å². The number of carboxylic acids is 1. The van der Waals surface area contributed by atoms with Crippen molar-refractivity contribution < 1.29 is 42.9 Å². The van der Waals surface area contributed by atoms with Crippen LogP contribution < -0.4 is 0 Å². The van der Waals surface area contributed by atoms with Gasteiger partial charge in [0, 0.05) is 12.8 Å². The maximum Gasteiger partial charge on any atom is 0.361 e. The standard InChI is InChI=1S/C75H135NO8/c1-6-8-10-12-14-16-18-20-22-24-26-28-29-30-31-32-33-34-35-36-37-38-39-40-41-42-43-44-46-47-49-51-53-55-57-59-61-63-65-72(77)82-69-71(70-83-75(74(79)80)81-68-67-76(3,4)5)84-73(78)66-64-62-60-58-56-54-52-50-48-45-27-25-23-21-19-17-15-13-11-9-7-2/h9,11,15,17,21,23,27,45,50,52,56,58,71,75H,6-8,10,12-14,16,18-20,22,24-26,28-44,46-49,51,53-55,57,59-70H2,1-5H3/p+1/b11-9-,17-15-,23-21-,45-27-,52-50-,58-56-. The molecule has 84 heavy (non-hydrogen) atoms. The van der Waals surface area contributed by atoms with Crippen molar-refractivity contribution in [2.24, 2.45) is 0 Å². The van der Waals surface area contributed by atoms with E-state index in [1.54, 1.807) is 0 Å². The van der Waals surface area contributed by atoms with Gasteiger partial charge in [-0.05, 0) is 64.2 Å². The van der Waals surface area contributed by atoms with E-state index < -0.39 is 24.3 Å².